The van der Waals surface area contributed by atoms with E-state index in [9.17, 15) is 30.2 Å². The number of nitro groups is 1. The van der Waals surface area contributed by atoms with Crippen molar-refractivity contribution in [2.24, 2.45) is 0 Å². The van der Waals surface area contributed by atoms with Crippen molar-refractivity contribution in [3.8, 4) is 23.0 Å². The van der Waals surface area contributed by atoms with Gasteiger partial charge in [0.25, 0.3) is 0 Å². The number of aromatic carboxylic acids is 1. The number of aromatic hydroxyl groups is 3. The number of carbonyl (C=O) groups is 1. The first-order valence-electron chi connectivity index (χ1n) is 4.05. The third kappa shape index (κ3) is 1.73. The molecule has 17 heavy (non-hydrogen) atoms. The van der Waals surface area contributed by atoms with Crippen LogP contribution in [0, 0.1) is 10.1 Å². The van der Waals surface area contributed by atoms with Crippen molar-refractivity contribution in [3.63, 3.8) is 0 Å². The van der Waals surface area contributed by atoms with E-state index >= 15 is 0 Å². The minimum atomic E-state index is -1.84. The number of hydrogen-bond acceptors (Lipinski definition) is 7. The third-order valence-electron chi connectivity index (χ3n) is 1.95. The van der Waals surface area contributed by atoms with Crippen LogP contribution in [0.3, 0.4) is 0 Å². The Hall–Kier alpha value is -2.71. The van der Waals surface area contributed by atoms with Crippen LogP contribution < -0.4 is 4.74 Å². The molecule has 1 rings (SSSR count). The van der Waals surface area contributed by atoms with Crippen LogP contribution in [-0.4, -0.2) is 38.4 Å². The number of nitrogens with zero attached hydrogens (tertiary/aromatic N) is 1. The lowest BCUT2D eigenvalue weighted by Gasteiger charge is -2.10. The fourth-order valence-corrected chi connectivity index (χ4v) is 1.25. The molecule has 0 bridgehead atoms. The number of methoxy groups -OCH3 is 1. The lowest BCUT2D eigenvalue weighted by Crippen LogP contribution is -2.05. The van der Waals surface area contributed by atoms with Gasteiger partial charge in [-0.2, -0.15) is 0 Å². The van der Waals surface area contributed by atoms with Crippen molar-refractivity contribution >= 4 is 11.7 Å². The van der Waals surface area contributed by atoms with Crippen LogP contribution in [0.5, 0.6) is 23.0 Å². The predicted octanol–water partition coefficient (Wildman–Crippen LogP) is 0.418. The maximum absolute atomic E-state index is 10.8. The molecule has 0 aliphatic heterocycles. The molecule has 0 aliphatic carbocycles. The topological polar surface area (TPSA) is 150 Å². The van der Waals surface area contributed by atoms with E-state index in [4.69, 9.17) is 5.11 Å². The van der Waals surface area contributed by atoms with Crippen LogP contribution >= 0.6 is 0 Å². The van der Waals surface area contributed by atoms with Gasteiger partial charge in [0, 0.05) is 0 Å². The standard InChI is InChI=1S/C8H7NO8/c1-17-7-4(10)2(8(13)14)3(9(15)16)5(11)6(7)12/h10-12H,1H3,(H,13,14). The van der Waals surface area contributed by atoms with Crippen molar-refractivity contribution in [2.45, 2.75) is 0 Å². The number of phenols is 3. The molecule has 0 heterocycles. The molecular weight excluding hydrogens is 238 g/mol. The lowest BCUT2D eigenvalue weighted by atomic mass is 10.1. The number of hydrogen-bond donors (Lipinski definition) is 4. The zero-order valence-electron chi connectivity index (χ0n) is 8.37. The van der Waals surface area contributed by atoms with E-state index in [1.54, 1.807) is 0 Å². The molecule has 9 nitrogen and oxygen atoms in total. The Labute approximate surface area is 93.3 Å². The summed E-state index contributed by atoms with van der Waals surface area (Å²) in [6.45, 7) is 0. The van der Waals surface area contributed by atoms with Gasteiger partial charge in [-0.1, -0.05) is 0 Å². The average Bonchev–Trinajstić information content (AvgIpc) is 2.22. The SMILES string of the molecule is COc1c(O)c(O)c([N+](=O)[O-])c(C(=O)O)c1O. The van der Waals surface area contributed by atoms with Crippen molar-refractivity contribution in [3.05, 3.63) is 15.7 Å². The van der Waals surface area contributed by atoms with Crippen molar-refractivity contribution in [1.82, 2.24) is 0 Å². The second kappa shape index (κ2) is 4.04. The summed E-state index contributed by atoms with van der Waals surface area (Å²) in [5.41, 5.74) is -2.48. The second-order valence-electron chi connectivity index (χ2n) is 2.86. The first kappa shape index (κ1) is 12.4. The number of ether oxygens (including phenoxy) is 1. The normalized spacial score (nSPS) is 9.94. The van der Waals surface area contributed by atoms with E-state index in [-0.39, 0.29) is 0 Å². The molecule has 0 saturated heterocycles. The highest BCUT2D eigenvalue weighted by Gasteiger charge is 2.35. The number of carboxylic acids is 1. The van der Waals surface area contributed by atoms with Crippen LogP contribution in [0.1, 0.15) is 10.4 Å². The Morgan fingerprint density at radius 2 is 1.76 bits per heavy atom. The number of benzene rings is 1. The van der Waals surface area contributed by atoms with E-state index in [1.165, 1.54) is 0 Å². The predicted molar refractivity (Wildman–Crippen MR) is 51.6 cm³/mol. The monoisotopic (exact) mass is 245 g/mol. The molecule has 0 radical (unpaired) electrons. The molecule has 0 aliphatic rings. The molecular formula is C8H7NO8. The van der Waals surface area contributed by atoms with Gasteiger partial charge in [0.15, 0.2) is 11.3 Å². The maximum Gasteiger partial charge on any atom is 0.346 e. The molecule has 0 fully saturated rings. The first-order valence-corrected chi connectivity index (χ1v) is 4.05. The highest BCUT2D eigenvalue weighted by molar-refractivity contribution is 5.99. The highest BCUT2D eigenvalue weighted by Crippen LogP contribution is 2.51. The summed E-state index contributed by atoms with van der Waals surface area (Å²) in [5, 5.41) is 47.3. The fraction of sp³-hybridized carbons (Fsp3) is 0.125. The van der Waals surface area contributed by atoms with Crippen LogP contribution in [0.4, 0.5) is 5.69 Å². The average molecular weight is 245 g/mol. The van der Waals surface area contributed by atoms with E-state index in [1.807, 2.05) is 0 Å². The van der Waals surface area contributed by atoms with Crippen molar-refractivity contribution < 1.29 is 34.9 Å². The molecule has 92 valence electrons. The van der Waals surface area contributed by atoms with E-state index in [0.29, 0.717) is 0 Å². The Morgan fingerprint density at radius 3 is 2.12 bits per heavy atom. The van der Waals surface area contributed by atoms with Gasteiger partial charge in [0.1, 0.15) is 0 Å². The van der Waals surface area contributed by atoms with E-state index < -0.39 is 45.1 Å². The zero-order chi connectivity index (χ0) is 13.3. The zero-order valence-corrected chi connectivity index (χ0v) is 8.37. The summed E-state index contributed by atoms with van der Waals surface area (Å²) >= 11 is 0. The summed E-state index contributed by atoms with van der Waals surface area (Å²) in [4.78, 5) is 20.1. The van der Waals surface area contributed by atoms with Crippen LogP contribution in [0.25, 0.3) is 0 Å². The van der Waals surface area contributed by atoms with Gasteiger partial charge in [-0.05, 0) is 0 Å². The summed E-state index contributed by atoms with van der Waals surface area (Å²) in [6.07, 6.45) is 0. The summed E-state index contributed by atoms with van der Waals surface area (Å²) in [7, 11) is 0.978. The van der Waals surface area contributed by atoms with Crippen LogP contribution in [0.2, 0.25) is 0 Å². The Bertz CT molecular complexity index is 509. The summed E-state index contributed by atoms with van der Waals surface area (Å²) in [6, 6.07) is 0. The highest BCUT2D eigenvalue weighted by atomic mass is 16.6. The van der Waals surface area contributed by atoms with Crippen LogP contribution in [-0.2, 0) is 0 Å². The molecule has 1 aromatic rings. The summed E-state index contributed by atoms with van der Waals surface area (Å²) in [5.74, 6) is -6.14. The summed E-state index contributed by atoms with van der Waals surface area (Å²) < 4.78 is 4.44. The van der Waals surface area contributed by atoms with Gasteiger partial charge in [-0.3, -0.25) is 10.1 Å². The van der Waals surface area contributed by atoms with Gasteiger partial charge >= 0.3 is 11.7 Å². The molecule has 0 saturated carbocycles. The molecule has 0 aromatic heterocycles. The minimum absolute atomic E-state index is 0.759. The molecule has 0 amide bonds. The number of phenolic OH excluding ortho intramolecular Hbond substituents is 2. The first-order chi connectivity index (χ1) is 7.82. The number of nitro benzene ring substituents is 1. The molecule has 0 atom stereocenters. The lowest BCUT2D eigenvalue weighted by molar-refractivity contribution is -0.386. The molecule has 0 unspecified atom stereocenters. The maximum atomic E-state index is 10.8. The van der Waals surface area contributed by atoms with Gasteiger partial charge in [-0.15, -0.1) is 0 Å². The molecule has 1 aromatic carbocycles. The van der Waals surface area contributed by atoms with E-state index in [0.717, 1.165) is 7.11 Å². The van der Waals surface area contributed by atoms with Gasteiger partial charge in [0.05, 0.1) is 12.0 Å². The number of carboxylic acid groups (broad SMARTS) is 1. The fourth-order valence-electron chi connectivity index (χ4n) is 1.25. The Morgan fingerprint density at radius 1 is 1.24 bits per heavy atom. The smallest absolute Gasteiger partial charge is 0.346 e. The molecule has 0 spiro atoms. The van der Waals surface area contributed by atoms with Gasteiger partial charge in [-0.25, -0.2) is 4.79 Å². The van der Waals surface area contributed by atoms with Gasteiger partial charge in [0.2, 0.25) is 17.2 Å². The number of rotatable bonds is 3. The third-order valence-corrected chi connectivity index (χ3v) is 1.95. The van der Waals surface area contributed by atoms with Crippen molar-refractivity contribution in [2.75, 3.05) is 7.11 Å². The molecule has 4 N–H and O–H groups in total. The second-order valence-corrected chi connectivity index (χ2v) is 2.86. The van der Waals surface area contributed by atoms with E-state index in [2.05, 4.69) is 4.74 Å². The van der Waals surface area contributed by atoms with Crippen molar-refractivity contribution in [1.29, 1.82) is 0 Å². The largest absolute Gasteiger partial charge is 0.503 e. The Balaban J connectivity index is 3.84. The van der Waals surface area contributed by atoms with Crippen LogP contribution in [0.15, 0.2) is 0 Å². The quantitative estimate of drug-likeness (QED) is 0.259. The Kier molecular flexibility index (Phi) is 2.94. The molecule has 9 heteroatoms. The van der Waals surface area contributed by atoms with Gasteiger partial charge < -0.3 is 25.2 Å². The minimum Gasteiger partial charge on any atom is -0.503 e.